The van der Waals surface area contributed by atoms with Gasteiger partial charge < -0.3 is 5.73 Å². The third-order valence-corrected chi connectivity index (χ3v) is 4.36. The van der Waals surface area contributed by atoms with Gasteiger partial charge in [0, 0.05) is 18.7 Å². The van der Waals surface area contributed by atoms with E-state index < -0.39 is 14.9 Å². The quantitative estimate of drug-likeness (QED) is 0.464. The number of nitrogens with zero attached hydrogens (tertiary/aromatic N) is 1. The lowest BCUT2D eigenvalue weighted by atomic mass is 10.1. The van der Waals surface area contributed by atoms with Gasteiger partial charge in [0.1, 0.15) is 0 Å². The molecule has 3 N–H and O–H groups in total. The van der Waals surface area contributed by atoms with Crippen LogP contribution in [0, 0.1) is 24.0 Å². The lowest BCUT2D eigenvalue weighted by molar-refractivity contribution is -0.385. The van der Waals surface area contributed by atoms with Crippen LogP contribution in [0.2, 0.25) is 0 Å². The highest BCUT2D eigenvalue weighted by atomic mass is 35.5. The standard InChI is InChI=1S/C11H17N3O4S.ClH/c1-8-6-10(14(15)16)7-9(2)11(8)19(17,18)13-5-3-4-12;/h6-7,13H,3-5,12H2,1-2H3;1H. The molecule has 0 aliphatic heterocycles. The number of non-ortho nitro benzene ring substituents is 1. The Kier molecular flexibility index (Phi) is 7.07. The third-order valence-electron chi connectivity index (χ3n) is 2.60. The number of nitrogens with two attached hydrogens (primary N) is 1. The van der Waals surface area contributed by atoms with Crippen molar-refractivity contribution in [3.05, 3.63) is 33.4 Å². The fourth-order valence-electron chi connectivity index (χ4n) is 1.84. The predicted octanol–water partition coefficient (Wildman–Crippen LogP) is 1.26. The van der Waals surface area contributed by atoms with Gasteiger partial charge in [0.15, 0.2) is 0 Å². The topological polar surface area (TPSA) is 115 Å². The molecule has 0 aromatic heterocycles. The molecule has 20 heavy (non-hydrogen) atoms. The first-order valence-electron chi connectivity index (χ1n) is 5.75. The van der Waals surface area contributed by atoms with Crippen LogP contribution >= 0.6 is 12.4 Å². The van der Waals surface area contributed by atoms with Crippen molar-refractivity contribution in [2.24, 2.45) is 5.73 Å². The first-order valence-corrected chi connectivity index (χ1v) is 7.23. The number of halogens is 1. The summed E-state index contributed by atoms with van der Waals surface area (Å²) in [4.78, 5) is 10.3. The van der Waals surface area contributed by atoms with E-state index in [9.17, 15) is 18.5 Å². The van der Waals surface area contributed by atoms with Crippen molar-refractivity contribution in [2.75, 3.05) is 13.1 Å². The molecule has 0 fully saturated rings. The van der Waals surface area contributed by atoms with Crippen LogP contribution in [0.4, 0.5) is 5.69 Å². The molecular weight excluding hydrogens is 306 g/mol. The van der Waals surface area contributed by atoms with Crippen molar-refractivity contribution in [3.63, 3.8) is 0 Å². The summed E-state index contributed by atoms with van der Waals surface area (Å²) in [5.41, 5.74) is 5.89. The summed E-state index contributed by atoms with van der Waals surface area (Å²) in [6.07, 6.45) is 0.532. The molecule has 0 unspecified atom stereocenters. The number of hydrogen-bond donors (Lipinski definition) is 2. The van der Waals surface area contributed by atoms with Crippen molar-refractivity contribution in [3.8, 4) is 0 Å². The average Bonchev–Trinajstić information content (AvgIpc) is 2.27. The van der Waals surface area contributed by atoms with E-state index in [1.807, 2.05) is 0 Å². The van der Waals surface area contributed by atoms with Crippen LogP contribution < -0.4 is 10.5 Å². The van der Waals surface area contributed by atoms with Gasteiger partial charge in [-0.1, -0.05) is 0 Å². The number of nitro benzene ring substituents is 1. The van der Waals surface area contributed by atoms with Gasteiger partial charge in [0.05, 0.1) is 9.82 Å². The van der Waals surface area contributed by atoms with E-state index in [1.165, 1.54) is 26.0 Å². The molecular formula is C11H18ClN3O4S. The van der Waals surface area contributed by atoms with E-state index in [-0.39, 0.29) is 29.5 Å². The van der Waals surface area contributed by atoms with E-state index in [0.29, 0.717) is 24.1 Å². The monoisotopic (exact) mass is 323 g/mol. The zero-order chi connectivity index (χ0) is 14.6. The Morgan fingerprint density at radius 1 is 1.30 bits per heavy atom. The molecule has 0 aliphatic carbocycles. The van der Waals surface area contributed by atoms with Crippen molar-refractivity contribution in [1.29, 1.82) is 0 Å². The number of nitrogens with one attached hydrogen (secondary N) is 1. The molecule has 1 aromatic carbocycles. The summed E-state index contributed by atoms with van der Waals surface area (Å²) in [5, 5.41) is 10.7. The van der Waals surface area contributed by atoms with Crippen molar-refractivity contribution in [1.82, 2.24) is 4.72 Å². The number of sulfonamides is 1. The molecule has 0 bridgehead atoms. The minimum absolute atomic E-state index is 0. The van der Waals surface area contributed by atoms with Gasteiger partial charge >= 0.3 is 0 Å². The maximum atomic E-state index is 12.1. The number of nitro groups is 1. The highest BCUT2D eigenvalue weighted by Crippen LogP contribution is 2.25. The van der Waals surface area contributed by atoms with Gasteiger partial charge in [-0.3, -0.25) is 10.1 Å². The zero-order valence-electron chi connectivity index (χ0n) is 11.3. The number of rotatable bonds is 6. The van der Waals surface area contributed by atoms with Gasteiger partial charge in [-0.2, -0.15) is 0 Å². The molecule has 0 heterocycles. The Hall–Kier alpha value is -1.22. The first kappa shape index (κ1) is 18.8. The van der Waals surface area contributed by atoms with E-state index in [2.05, 4.69) is 4.72 Å². The second-order valence-corrected chi connectivity index (χ2v) is 5.91. The predicted molar refractivity (Wildman–Crippen MR) is 78.7 cm³/mol. The van der Waals surface area contributed by atoms with Crippen LogP contribution in [0.15, 0.2) is 17.0 Å². The fourth-order valence-corrected chi connectivity index (χ4v) is 3.36. The molecule has 9 heteroatoms. The number of hydrogen-bond acceptors (Lipinski definition) is 5. The zero-order valence-corrected chi connectivity index (χ0v) is 12.9. The van der Waals surface area contributed by atoms with Gasteiger partial charge in [-0.25, -0.2) is 13.1 Å². The maximum Gasteiger partial charge on any atom is 0.270 e. The molecule has 1 rings (SSSR count). The van der Waals surface area contributed by atoms with Crippen LogP contribution in [0.25, 0.3) is 0 Å². The minimum Gasteiger partial charge on any atom is -0.330 e. The molecule has 0 saturated carbocycles. The summed E-state index contributed by atoms with van der Waals surface area (Å²) in [6, 6.07) is 2.51. The lowest BCUT2D eigenvalue weighted by Gasteiger charge is -2.11. The summed E-state index contributed by atoms with van der Waals surface area (Å²) < 4.78 is 26.6. The lowest BCUT2D eigenvalue weighted by Crippen LogP contribution is -2.27. The van der Waals surface area contributed by atoms with Crippen molar-refractivity contribution < 1.29 is 13.3 Å². The van der Waals surface area contributed by atoms with Gasteiger partial charge in [-0.05, 0) is 37.9 Å². The van der Waals surface area contributed by atoms with Crippen LogP contribution in [-0.4, -0.2) is 26.4 Å². The number of benzene rings is 1. The van der Waals surface area contributed by atoms with Crippen LogP contribution in [0.3, 0.4) is 0 Å². The summed E-state index contributed by atoms with van der Waals surface area (Å²) in [6.45, 7) is 3.71. The highest BCUT2D eigenvalue weighted by Gasteiger charge is 2.22. The van der Waals surface area contributed by atoms with Crippen molar-refractivity contribution in [2.45, 2.75) is 25.2 Å². The maximum absolute atomic E-state index is 12.1. The van der Waals surface area contributed by atoms with Gasteiger partial charge in [-0.15, -0.1) is 12.4 Å². The SMILES string of the molecule is Cc1cc([N+](=O)[O-])cc(C)c1S(=O)(=O)NCCCN.Cl. The van der Waals surface area contributed by atoms with E-state index in [1.54, 1.807) is 0 Å². The average molecular weight is 324 g/mol. The third kappa shape index (κ3) is 4.41. The molecule has 0 saturated heterocycles. The Morgan fingerprint density at radius 2 is 1.80 bits per heavy atom. The van der Waals surface area contributed by atoms with Crippen LogP contribution in [0.5, 0.6) is 0 Å². The van der Waals surface area contributed by atoms with Gasteiger partial charge in [0.25, 0.3) is 5.69 Å². The minimum atomic E-state index is -3.66. The van der Waals surface area contributed by atoms with Crippen LogP contribution in [0.1, 0.15) is 17.5 Å². The molecule has 0 atom stereocenters. The summed E-state index contributed by atoms with van der Waals surface area (Å²) >= 11 is 0. The Balaban J connectivity index is 0.00000361. The van der Waals surface area contributed by atoms with E-state index in [4.69, 9.17) is 5.73 Å². The number of aryl methyl sites for hydroxylation is 2. The molecule has 0 aliphatic rings. The molecule has 0 amide bonds. The molecule has 0 radical (unpaired) electrons. The Bertz CT molecular complexity index is 566. The highest BCUT2D eigenvalue weighted by molar-refractivity contribution is 7.89. The molecule has 0 spiro atoms. The summed E-state index contributed by atoms with van der Waals surface area (Å²) in [5.74, 6) is 0. The van der Waals surface area contributed by atoms with Crippen LogP contribution in [-0.2, 0) is 10.0 Å². The largest absolute Gasteiger partial charge is 0.330 e. The van der Waals surface area contributed by atoms with Crippen molar-refractivity contribution >= 4 is 28.1 Å². The molecule has 1 aromatic rings. The molecule has 7 nitrogen and oxygen atoms in total. The summed E-state index contributed by atoms with van der Waals surface area (Å²) in [7, 11) is -3.66. The normalized spacial score (nSPS) is 10.9. The van der Waals surface area contributed by atoms with E-state index >= 15 is 0 Å². The Labute approximate surface area is 124 Å². The fraction of sp³-hybridized carbons (Fsp3) is 0.455. The first-order chi connectivity index (χ1) is 8.79. The van der Waals surface area contributed by atoms with Gasteiger partial charge in [0.2, 0.25) is 10.0 Å². The molecule has 114 valence electrons. The second-order valence-electron chi connectivity index (χ2n) is 4.21. The Morgan fingerprint density at radius 3 is 2.20 bits per heavy atom. The smallest absolute Gasteiger partial charge is 0.270 e. The second kappa shape index (κ2) is 7.53. The van der Waals surface area contributed by atoms with E-state index in [0.717, 1.165) is 0 Å².